The van der Waals surface area contributed by atoms with Gasteiger partial charge in [-0.25, -0.2) is 17.9 Å². The molecule has 3 aromatic carbocycles. The lowest BCUT2D eigenvalue weighted by Crippen LogP contribution is -1.98. The van der Waals surface area contributed by atoms with Gasteiger partial charge in [0.25, 0.3) is 0 Å². The van der Waals surface area contributed by atoms with Crippen LogP contribution < -0.4 is 0 Å². The van der Waals surface area contributed by atoms with Gasteiger partial charge in [0.1, 0.15) is 22.8 Å². The number of rotatable bonds is 2. The highest BCUT2D eigenvalue weighted by Gasteiger charge is 2.19. The lowest BCUT2D eigenvalue weighted by molar-refractivity contribution is 0.590. The molecule has 3 nitrogen and oxygen atoms in total. The molecule has 0 saturated carbocycles. The normalized spacial score (nSPS) is 11.4. The number of nitrogens with zero attached hydrogens (tertiary/aromatic N) is 3. The van der Waals surface area contributed by atoms with E-state index in [1.54, 1.807) is 16.8 Å². The van der Waals surface area contributed by atoms with Crippen LogP contribution in [0.5, 0.6) is 0 Å². The van der Waals surface area contributed by atoms with Gasteiger partial charge in [-0.1, -0.05) is 17.7 Å². The summed E-state index contributed by atoms with van der Waals surface area (Å²) in [6, 6.07) is 15.6. The number of benzene rings is 3. The summed E-state index contributed by atoms with van der Waals surface area (Å²) in [6.07, 6.45) is 1.52. The number of hydrogen-bond donors (Lipinski definition) is 0. The second-order valence-electron chi connectivity index (χ2n) is 6.91. The molecule has 0 fully saturated rings. The Morgan fingerprint density at radius 1 is 0.793 bits per heavy atom. The molecule has 0 aliphatic carbocycles. The molecule has 0 amide bonds. The number of hydrogen-bond acceptors (Lipinski definition) is 2. The molecule has 5 rings (SSSR count). The van der Waals surface area contributed by atoms with Crippen molar-refractivity contribution in [2.45, 2.75) is 6.92 Å². The van der Waals surface area contributed by atoms with Gasteiger partial charge in [-0.3, -0.25) is 4.98 Å². The fourth-order valence-electron chi connectivity index (χ4n) is 3.51. The van der Waals surface area contributed by atoms with Crippen LogP contribution >= 0.6 is 0 Å². The molecule has 29 heavy (non-hydrogen) atoms. The van der Waals surface area contributed by atoms with E-state index in [1.165, 1.54) is 24.4 Å². The van der Waals surface area contributed by atoms with Crippen molar-refractivity contribution < 1.29 is 13.2 Å². The first-order chi connectivity index (χ1) is 14.0. The van der Waals surface area contributed by atoms with Crippen molar-refractivity contribution in [3.63, 3.8) is 0 Å². The zero-order chi connectivity index (χ0) is 20.1. The van der Waals surface area contributed by atoms with E-state index >= 15 is 0 Å². The maximum atomic E-state index is 14.4. The number of fused-ring (bicyclic) bond motifs is 3. The Labute approximate surface area is 164 Å². The van der Waals surface area contributed by atoms with Crippen LogP contribution in [0.1, 0.15) is 5.56 Å². The molecule has 2 aromatic heterocycles. The highest BCUT2D eigenvalue weighted by Crippen LogP contribution is 2.34. The molecule has 0 radical (unpaired) electrons. The van der Waals surface area contributed by atoms with E-state index in [-0.39, 0.29) is 11.3 Å². The molecule has 0 aliphatic rings. The first-order valence-corrected chi connectivity index (χ1v) is 9.01. The van der Waals surface area contributed by atoms with Gasteiger partial charge in [-0.15, -0.1) is 0 Å². The summed E-state index contributed by atoms with van der Waals surface area (Å²) in [4.78, 5) is 4.21. The quantitative estimate of drug-likeness (QED) is 0.373. The third-order valence-electron chi connectivity index (χ3n) is 4.92. The van der Waals surface area contributed by atoms with Crippen molar-refractivity contribution in [2.24, 2.45) is 0 Å². The Morgan fingerprint density at radius 3 is 2.24 bits per heavy atom. The Hall–Kier alpha value is -3.67. The van der Waals surface area contributed by atoms with Gasteiger partial charge in [-0.2, -0.15) is 5.10 Å². The fraction of sp³-hybridized carbons (Fsp3) is 0.0435. The topological polar surface area (TPSA) is 30.7 Å². The van der Waals surface area contributed by atoms with Crippen LogP contribution in [0, 0.1) is 24.4 Å². The number of aryl methyl sites for hydroxylation is 1. The number of pyridine rings is 1. The minimum absolute atomic E-state index is 0.0674. The summed E-state index contributed by atoms with van der Waals surface area (Å²) in [5, 5.41) is 5.65. The van der Waals surface area contributed by atoms with Crippen LogP contribution in [0.25, 0.3) is 38.8 Å². The standard InChI is InChI=1S/C23H14F3N3/c1-13-2-8-17(9-3-13)29-23-18-10-16(25)11-20(26)22(18)27-12-19(23)21(28-29)14-4-6-15(24)7-5-14/h2-12H,1H3. The van der Waals surface area contributed by atoms with Gasteiger partial charge in [0.15, 0.2) is 5.82 Å². The van der Waals surface area contributed by atoms with Crippen molar-refractivity contribution in [3.05, 3.63) is 89.9 Å². The predicted octanol–water partition coefficient (Wildman–Crippen LogP) is 5.97. The predicted molar refractivity (Wildman–Crippen MR) is 106 cm³/mol. The van der Waals surface area contributed by atoms with Crippen LogP contribution in [-0.2, 0) is 0 Å². The zero-order valence-corrected chi connectivity index (χ0v) is 15.3. The van der Waals surface area contributed by atoms with Crippen LogP contribution in [-0.4, -0.2) is 14.8 Å². The third kappa shape index (κ3) is 2.84. The van der Waals surface area contributed by atoms with Gasteiger partial charge in [0, 0.05) is 28.6 Å². The minimum Gasteiger partial charge on any atom is -0.252 e. The smallest absolute Gasteiger partial charge is 0.152 e. The largest absolute Gasteiger partial charge is 0.252 e. The molecule has 142 valence electrons. The van der Waals surface area contributed by atoms with E-state index < -0.39 is 11.6 Å². The number of aromatic nitrogens is 3. The summed E-state index contributed by atoms with van der Waals surface area (Å²) in [6.45, 7) is 1.97. The van der Waals surface area contributed by atoms with Crippen molar-refractivity contribution in [1.82, 2.24) is 14.8 Å². The Morgan fingerprint density at radius 2 is 1.52 bits per heavy atom. The van der Waals surface area contributed by atoms with E-state index in [1.807, 2.05) is 31.2 Å². The highest BCUT2D eigenvalue weighted by atomic mass is 19.1. The fourth-order valence-corrected chi connectivity index (χ4v) is 3.51. The second kappa shape index (κ2) is 6.44. The maximum Gasteiger partial charge on any atom is 0.152 e. The monoisotopic (exact) mass is 389 g/mol. The van der Waals surface area contributed by atoms with Gasteiger partial charge < -0.3 is 0 Å². The Balaban J connectivity index is 1.92. The first-order valence-electron chi connectivity index (χ1n) is 9.01. The Bertz CT molecular complexity index is 1370. The lowest BCUT2D eigenvalue weighted by atomic mass is 10.1. The second-order valence-corrected chi connectivity index (χ2v) is 6.91. The Kier molecular flexibility index (Phi) is 3.87. The minimum atomic E-state index is -0.734. The van der Waals surface area contributed by atoms with Crippen LogP contribution in [0.2, 0.25) is 0 Å². The van der Waals surface area contributed by atoms with Crippen LogP contribution in [0.15, 0.2) is 66.9 Å². The van der Waals surface area contributed by atoms with E-state index in [4.69, 9.17) is 5.10 Å². The van der Waals surface area contributed by atoms with E-state index in [2.05, 4.69) is 4.98 Å². The number of halogens is 3. The van der Waals surface area contributed by atoms with Gasteiger partial charge in [-0.05, 0) is 49.4 Å². The van der Waals surface area contributed by atoms with Crippen molar-refractivity contribution >= 4 is 21.8 Å². The maximum absolute atomic E-state index is 14.4. The third-order valence-corrected chi connectivity index (χ3v) is 4.92. The van der Waals surface area contributed by atoms with Crippen molar-refractivity contribution in [2.75, 3.05) is 0 Å². The summed E-state index contributed by atoms with van der Waals surface area (Å²) in [5.74, 6) is -1.78. The van der Waals surface area contributed by atoms with Crippen LogP contribution in [0.3, 0.4) is 0 Å². The first kappa shape index (κ1) is 17.4. The average molecular weight is 389 g/mol. The molecule has 0 spiro atoms. The summed E-state index contributed by atoms with van der Waals surface area (Å²) in [5.41, 5.74) is 3.66. The molecule has 5 aromatic rings. The lowest BCUT2D eigenvalue weighted by Gasteiger charge is -2.07. The molecule has 0 bridgehead atoms. The van der Waals surface area contributed by atoms with Gasteiger partial charge in [0.2, 0.25) is 0 Å². The van der Waals surface area contributed by atoms with Gasteiger partial charge in [0.05, 0.1) is 11.2 Å². The molecular formula is C23H14F3N3. The van der Waals surface area contributed by atoms with Gasteiger partial charge >= 0.3 is 0 Å². The molecule has 0 atom stereocenters. The molecule has 2 heterocycles. The summed E-state index contributed by atoms with van der Waals surface area (Å²) >= 11 is 0. The van der Waals surface area contributed by atoms with Crippen molar-refractivity contribution in [1.29, 1.82) is 0 Å². The molecule has 0 N–H and O–H groups in total. The molecular weight excluding hydrogens is 375 g/mol. The summed E-state index contributed by atoms with van der Waals surface area (Å²) < 4.78 is 43.5. The van der Waals surface area contributed by atoms with E-state index in [0.29, 0.717) is 27.5 Å². The van der Waals surface area contributed by atoms with Crippen molar-refractivity contribution in [3.8, 4) is 16.9 Å². The summed E-state index contributed by atoms with van der Waals surface area (Å²) in [7, 11) is 0. The molecule has 0 unspecified atom stereocenters. The van der Waals surface area contributed by atoms with Crippen LogP contribution in [0.4, 0.5) is 13.2 Å². The SMILES string of the molecule is Cc1ccc(-n2nc(-c3ccc(F)cc3)c3cnc4c(F)cc(F)cc4c32)cc1. The average Bonchev–Trinajstić information content (AvgIpc) is 3.09. The zero-order valence-electron chi connectivity index (χ0n) is 15.3. The molecule has 0 aliphatic heterocycles. The molecule has 0 saturated heterocycles. The molecule has 6 heteroatoms. The van der Waals surface area contributed by atoms with E-state index in [9.17, 15) is 13.2 Å². The highest BCUT2D eigenvalue weighted by molar-refractivity contribution is 6.08. The van der Waals surface area contributed by atoms with E-state index in [0.717, 1.165) is 17.3 Å².